The van der Waals surface area contributed by atoms with Crippen LogP contribution in [0.15, 0.2) is 30.5 Å². The lowest BCUT2D eigenvalue weighted by atomic mass is 10.0. The van der Waals surface area contributed by atoms with Gasteiger partial charge < -0.3 is 5.73 Å². The second-order valence-electron chi connectivity index (χ2n) is 5.59. The smallest absolute Gasteiger partial charge is 0.396 e. The first-order valence-corrected chi connectivity index (χ1v) is 6.13. The first-order valence-electron chi connectivity index (χ1n) is 6.13. The second-order valence-corrected chi connectivity index (χ2v) is 5.59. The molecule has 0 radical (unpaired) electrons. The van der Waals surface area contributed by atoms with Crippen molar-refractivity contribution in [3.05, 3.63) is 36.0 Å². The Bertz CT molecular complexity index is 621. The molecule has 0 saturated heterocycles. The van der Waals surface area contributed by atoms with Crippen LogP contribution in [0.25, 0.3) is 11.3 Å². The van der Waals surface area contributed by atoms with Crippen LogP contribution in [-0.2, 0) is 11.7 Å². The Hall–Kier alpha value is -1.98. The fourth-order valence-corrected chi connectivity index (χ4v) is 1.88. The summed E-state index contributed by atoms with van der Waals surface area (Å²) < 4.78 is 40.7. The van der Waals surface area contributed by atoms with E-state index in [0.29, 0.717) is 0 Å². The number of aromatic nitrogens is 2. The SMILES string of the molecule is CC(C)(C)n1cc(N)c(-c2ccccc2C(F)(F)F)n1. The van der Waals surface area contributed by atoms with Gasteiger partial charge in [-0.05, 0) is 26.8 Å². The van der Waals surface area contributed by atoms with Gasteiger partial charge in [0.05, 0.1) is 16.8 Å². The Kier molecular flexibility index (Phi) is 3.28. The number of anilines is 1. The van der Waals surface area contributed by atoms with Crippen LogP contribution in [0, 0.1) is 0 Å². The summed E-state index contributed by atoms with van der Waals surface area (Å²) in [5, 5.41) is 4.22. The summed E-state index contributed by atoms with van der Waals surface area (Å²) in [6.45, 7) is 5.71. The molecule has 0 aliphatic heterocycles. The van der Waals surface area contributed by atoms with Crippen molar-refractivity contribution in [2.24, 2.45) is 0 Å². The maximum atomic E-state index is 13.0. The van der Waals surface area contributed by atoms with Crippen LogP contribution in [-0.4, -0.2) is 9.78 Å². The predicted molar refractivity (Wildman–Crippen MR) is 72.1 cm³/mol. The number of alkyl halides is 3. The van der Waals surface area contributed by atoms with Crippen molar-refractivity contribution in [2.75, 3.05) is 5.73 Å². The van der Waals surface area contributed by atoms with E-state index in [2.05, 4.69) is 5.10 Å². The molecular weight excluding hydrogens is 267 g/mol. The fraction of sp³-hybridized carbons (Fsp3) is 0.357. The van der Waals surface area contributed by atoms with Gasteiger partial charge >= 0.3 is 6.18 Å². The van der Waals surface area contributed by atoms with Crippen LogP contribution in [0.2, 0.25) is 0 Å². The van der Waals surface area contributed by atoms with Gasteiger partial charge in [0.1, 0.15) is 5.69 Å². The van der Waals surface area contributed by atoms with E-state index >= 15 is 0 Å². The number of hydrogen-bond donors (Lipinski definition) is 1. The van der Waals surface area contributed by atoms with E-state index in [1.165, 1.54) is 12.1 Å². The first-order chi connectivity index (χ1) is 9.10. The second kappa shape index (κ2) is 4.54. The number of nitrogen functional groups attached to an aromatic ring is 1. The lowest BCUT2D eigenvalue weighted by molar-refractivity contribution is -0.137. The van der Waals surface area contributed by atoms with Crippen molar-refractivity contribution in [1.82, 2.24) is 9.78 Å². The summed E-state index contributed by atoms with van der Waals surface area (Å²) in [6.07, 6.45) is -2.88. The molecule has 2 aromatic rings. The van der Waals surface area contributed by atoms with Gasteiger partial charge in [-0.25, -0.2) is 0 Å². The number of hydrogen-bond acceptors (Lipinski definition) is 2. The largest absolute Gasteiger partial charge is 0.417 e. The number of halogens is 3. The summed E-state index contributed by atoms with van der Waals surface area (Å²) in [7, 11) is 0. The van der Waals surface area contributed by atoms with E-state index in [-0.39, 0.29) is 22.5 Å². The van der Waals surface area contributed by atoms with E-state index in [0.717, 1.165) is 6.07 Å². The predicted octanol–water partition coefficient (Wildman–Crippen LogP) is 3.91. The summed E-state index contributed by atoms with van der Waals surface area (Å²) in [5.74, 6) is 0. The topological polar surface area (TPSA) is 43.8 Å². The molecule has 0 amide bonds. The average Bonchev–Trinajstić information content (AvgIpc) is 2.70. The van der Waals surface area contributed by atoms with Crippen LogP contribution in [0.4, 0.5) is 18.9 Å². The monoisotopic (exact) mass is 283 g/mol. The number of rotatable bonds is 1. The molecule has 0 unspecified atom stereocenters. The van der Waals surface area contributed by atoms with Gasteiger partial charge in [-0.3, -0.25) is 4.68 Å². The zero-order valence-electron chi connectivity index (χ0n) is 11.5. The molecule has 20 heavy (non-hydrogen) atoms. The molecule has 6 heteroatoms. The fourth-order valence-electron chi connectivity index (χ4n) is 1.88. The molecule has 108 valence electrons. The minimum atomic E-state index is -4.44. The summed E-state index contributed by atoms with van der Waals surface area (Å²) >= 11 is 0. The third-order valence-corrected chi connectivity index (χ3v) is 2.92. The average molecular weight is 283 g/mol. The molecule has 0 bridgehead atoms. The van der Waals surface area contributed by atoms with Gasteiger partial charge in [-0.15, -0.1) is 0 Å². The van der Waals surface area contributed by atoms with Crippen molar-refractivity contribution in [1.29, 1.82) is 0 Å². The van der Waals surface area contributed by atoms with E-state index < -0.39 is 11.7 Å². The van der Waals surface area contributed by atoms with Crippen LogP contribution < -0.4 is 5.73 Å². The van der Waals surface area contributed by atoms with Crippen molar-refractivity contribution < 1.29 is 13.2 Å². The lowest BCUT2D eigenvalue weighted by Gasteiger charge is -2.18. The molecule has 0 atom stereocenters. The van der Waals surface area contributed by atoms with Crippen molar-refractivity contribution in [3.8, 4) is 11.3 Å². The van der Waals surface area contributed by atoms with E-state index in [1.54, 1.807) is 16.9 Å². The summed E-state index contributed by atoms with van der Waals surface area (Å²) in [5.41, 5.74) is 5.15. The van der Waals surface area contributed by atoms with Crippen molar-refractivity contribution in [3.63, 3.8) is 0 Å². The lowest BCUT2D eigenvalue weighted by Crippen LogP contribution is -2.22. The Morgan fingerprint density at radius 2 is 1.70 bits per heavy atom. The first kappa shape index (κ1) is 14.4. The van der Waals surface area contributed by atoms with E-state index in [1.807, 2.05) is 20.8 Å². The molecule has 1 aromatic carbocycles. The number of nitrogens with zero attached hydrogens (tertiary/aromatic N) is 2. The van der Waals surface area contributed by atoms with Crippen molar-refractivity contribution >= 4 is 5.69 Å². The molecule has 3 nitrogen and oxygen atoms in total. The quantitative estimate of drug-likeness (QED) is 0.862. The zero-order chi connectivity index (χ0) is 15.1. The highest BCUT2D eigenvalue weighted by molar-refractivity contribution is 5.75. The van der Waals surface area contributed by atoms with Gasteiger partial charge in [0, 0.05) is 11.8 Å². The maximum Gasteiger partial charge on any atom is 0.417 e. The zero-order valence-corrected chi connectivity index (χ0v) is 11.5. The molecule has 0 aliphatic rings. The van der Waals surface area contributed by atoms with Crippen molar-refractivity contribution in [2.45, 2.75) is 32.5 Å². The van der Waals surface area contributed by atoms with Crippen LogP contribution in [0.5, 0.6) is 0 Å². The molecule has 0 aliphatic carbocycles. The Morgan fingerprint density at radius 3 is 2.20 bits per heavy atom. The third kappa shape index (κ3) is 2.64. The number of nitrogens with two attached hydrogens (primary N) is 1. The molecule has 0 spiro atoms. The molecule has 1 heterocycles. The van der Waals surface area contributed by atoms with Crippen LogP contribution >= 0.6 is 0 Å². The van der Waals surface area contributed by atoms with Gasteiger partial charge in [-0.1, -0.05) is 18.2 Å². The van der Waals surface area contributed by atoms with Gasteiger partial charge in [-0.2, -0.15) is 18.3 Å². The standard InChI is InChI=1S/C14H16F3N3/c1-13(2,3)20-8-11(18)12(19-20)9-6-4-5-7-10(9)14(15,16)17/h4-8H,18H2,1-3H3. The highest BCUT2D eigenvalue weighted by atomic mass is 19.4. The summed E-state index contributed by atoms with van der Waals surface area (Å²) in [6, 6.07) is 5.31. The molecule has 2 N–H and O–H groups in total. The third-order valence-electron chi connectivity index (χ3n) is 2.92. The highest BCUT2D eigenvalue weighted by Crippen LogP contribution is 2.38. The van der Waals surface area contributed by atoms with Crippen LogP contribution in [0.1, 0.15) is 26.3 Å². The molecule has 0 fully saturated rings. The summed E-state index contributed by atoms with van der Waals surface area (Å²) in [4.78, 5) is 0. The Morgan fingerprint density at radius 1 is 1.10 bits per heavy atom. The Balaban J connectivity index is 2.62. The minimum absolute atomic E-state index is 0.000463. The maximum absolute atomic E-state index is 13.0. The molecule has 1 aromatic heterocycles. The van der Waals surface area contributed by atoms with Gasteiger partial charge in [0.2, 0.25) is 0 Å². The minimum Gasteiger partial charge on any atom is -0.396 e. The van der Waals surface area contributed by atoms with E-state index in [9.17, 15) is 13.2 Å². The molecular formula is C14H16F3N3. The Labute approximate surface area is 115 Å². The molecule has 2 rings (SSSR count). The van der Waals surface area contributed by atoms with Gasteiger partial charge in [0.25, 0.3) is 0 Å². The number of benzene rings is 1. The molecule has 0 saturated carbocycles. The highest BCUT2D eigenvalue weighted by Gasteiger charge is 2.34. The van der Waals surface area contributed by atoms with Gasteiger partial charge in [0.15, 0.2) is 0 Å². The normalized spacial score (nSPS) is 12.7. The van der Waals surface area contributed by atoms with Crippen LogP contribution in [0.3, 0.4) is 0 Å². The van der Waals surface area contributed by atoms with E-state index in [4.69, 9.17) is 5.73 Å².